The summed E-state index contributed by atoms with van der Waals surface area (Å²) in [5, 5.41) is 3.22. The topological polar surface area (TPSA) is 66.5 Å². The Hall–Kier alpha value is -2.35. The van der Waals surface area contributed by atoms with Gasteiger partial charge in [-0.2, -0.15) is 0 Å². The summed E-state index contributed by atoms with van der Waals surface area (Å²) >= 11 is 9.44. The van der Waals surface area contributed by atoms with Crippen LogP contribution in [0.25, 0.3) is 0 Å². The Morgan fingerprint density at radius 1 is 1.03 bits per heavy atom. The van der Waals surface area contributed by atoms with E-state index in [1.807, 2.05) is 6.92 Å². The van der Waals surface area contributed by atoms with E-state index in [4.69, 9.17) is 11.6 Å². The normalized spacial score (nSPS) is 11.1. The van der Waals surface area contributed by atoms with Crippen molar-refractivity contribution in [2.45, 2.75) is 11.8 Å². The van der Waals surface area contributed by atoms with Crippen LogP contribution in [-0.4, -0.2) is 20.9 Å². The summed E-state index contributed by atoms with van der Waals surface area (Å²) in [5.74, 6) is -0.479. The maximum atomic E-state index is 13.2. The van der Waals surface area contributed by atoms with Gasteiger partial charge in [0, 0.05) is 15.2 Å². The summed E-state index contributed by atoms with van der Waals surface area (Å²) in [6.07, 6.45) is 0. The van der Waals surface area contributed by atoms with Gasteiger partial charge in [0.05, 0.1) is 10.6 Å². The highest BCUT2D eigenvalue weighted by Gasteiger charge is 2.27. The van der Waals surface area contributed by atoms with Crippen LogP contribution in [0.5, 0.6) is 0 Å². The highest BCUT2D eigenvalue weighted by molar-refractivity contribution is 9.10. The summed E-state index contributed by atoms with van der Waals surface area (Å²) in [4.78, 5) is 12.8. The third-order valence-electron chi connectivity index (χ3n) is 4.19. The smallest absolute Gasteiger partial charge is 0.264 e. The number of aryl methyl sites for hydroxylation is 1. The van der Waals surface area contributed by atoms with Gasteiger partial charge in [-0.15, -0.1) is 0 Å². The minimum Gasteiger partial charge on any atom is -0.324 e. The van der Waals surface area contributed by atoms with Crippen LogP contribution in [0.4, 0.5) is 11.4 Å². The van der Waals surface area contributed by atoms with Crippen molar-refractivity contribution in [1.82, 2.24) is 0 Å². The van der Waals surface area contributed by atoms with Crippen molar-refractivity contribution in [2.75, 3.05) is 16.2 Å². The predicted octanol–water partition coefficient (Wildman–Crippen LogP) is 5.24. The predicted molar refractivity (Wildman–Crippen MR) is 120 cm³/mol. The number of carbonyl (C=O) groups is 1. The highest BCUT2D eigenvalue weighted by Crippen LogP contribution is 2.26. The van der Waals surface area contributed by atoms with Crippen LogP contribution in [0, 0.1) is 6.92 Å². The minimum absolute atomic E-state index is 0.106. The van der Waals surface area contributed by atoms with Crippen molar-refractivity contribution in [3.8, 4) is 0 Å². The fraction of sp³-hybridized carbons (Fsp3) is 0.0952. The maximum absolute atomic E-state index is 13.2. The lowest BCUT2D eigenvalue weighted by Gasteiger charge is -2.24. The highest BCUT2D eigenvalue weighted by atomic mass is 79.9. The number of hydrogen-bond donors (Lipinski definition) is 1. The average molecular weight is 494 g/mol. The average Bonchev–Trinajstić information content (AvgIpc) is 2.70. The summed E-state index contributed by atoms with van der Waals surface area (Å²) in [7, 11) is -3.94. The molecule has 0 aliphatic carbocycles. The van der Waals surface area contributed by atoms with Gasteiger partial charge in [0.15, 0.2) is 0 Å². The third kappa shape index (κ3) is 5.18. The molecule has 1 amide bonds. The number of hydrogen-bond acceptors (Lipinski definition) is 3. The zero-order chi connectivity index (χ0) is 21.0. The number of amides is 1. The van der Waals surface area contributed by atoms with E-state index >= 15 is 0 Å². The first-order chi connectivity index (χ1) is 13.8. The summed E-state index contributed by atoms with van der Waals surface area (Å²) in [6.45, 7) is 1.47. The molecule has 3 rings (SSSR count). The lowest BCUT2D eigenvalue weighted by atomic mass is 10.2. The lowest BCUT2D eigenvalue weighted by Crippen LogP contribution is -2.38. The fourth-order valence-corrected chi connectivity index (χ4v) is 4.53. The van der Waals surface area contributed by atoms with E-state index < -0.39 is 15.9 Å². The second-order valence-electron chi connectivity index (χ2n) is 6.31. The van der Waals surface area contributed by atoms with Crippen LogP contribution < -0.4 is 9.62 Å². The molecule has 0 saturated heterocycles. The molecule has 0 bridgehead atoms. The van der Waals surface area contributed by atoms with Gasteiger partial charge < -0.3 is 5.32 Å². The first-order valence-electron chi connectivity index (χ1n) is 8.67. The van der Waals surface area contributed by atoms with Gasteiger partial charge in [0.2, 0.25) is 5.91 Å². The zero-order valence-electron chi connectivity index (χ0n) is 15.5. The molecule has 3 aromatic carbocycles. The Labute approximate surface area is 183 Å². The number of nitrogens with zero attached hydrogens (tertiary/aromatic N) is 1. The second kappa shape index (κ2) is 8.98. The van der Waals surface area contributed by atoms with Crippen LogP contribution in [0.3, 0.4) is 0 Å². The molecular formula is C21H18BrClN2O3S. The fourth-order valence-electron chi connectivity index (χ4n) is 2.64. The molecule has 8 heteroatoms. The van der Waals surface area contributed by atoms with Crippen molar-refractivity contribution in [3.63, 3.8) is 0 Å². The van der Waals surface area contributed by atoms with E-state index in [0.29, 0.717) is 16.4 Å². The molecule has 150 valence electrons. The molecule has 3 aromatic rings. The Bertz CT molecular complexity index is 1120. The number of sulfonamides is 1. The van der Waals surface area contributed by atoms with E-state index in [2.05, 4.69) is 21.2 Å². The number of rotatable bonds is 6. The molecule has 29 heavy (non-hydrogen) atoms. The van der Waals surface area contributed by atoms with Crippen molar-refractivity contribution < 1.29 is 13.2 Å². The van der Waals surface area contributed by atoms with Gasteiger partial charge in [-0.05, 0) is 61.0 Å². The number of carbonyl (C=O) groups excluding carboxylic acids is 1. The molecule has 0 radical (unpaired) electrons. The van der Waals surface area contributed by atoms with Crippen molar-refractivity contribution in [2.24, 2.45) is 0 Å². The molecule has 0 atom stereocenters. The van der Waals surface area contributed by atoms with Crippen LogP contribution >= 0.6 is 27.5 Å². The molecule has 0 saturated carbocycles. The third-order valence-corrected chi connectivity index (χ3v) is 6.91. The quantitative estimate of drug-likeness (QED) is 0.510. The number of benzene rings is 3. The van der Waals surface area contributed by atoms with Gasteiger partial charge in [-0.25, -0.2) is 8.42 Å². The summed E-state index contributed by atoms with van der Waals surface area (Å²) < 4.78 is 28.3. The summed E-state index contributed by atoms with van der Waals surface area (Å²) in [6, 6.07) is 19.9. The minimum atomic E-state index is -3.94. The largest absolute Gasteiger partial charge is 0.324 e. The number of anilines is 2. The monoisotopic (exact) mass is 492 g/mol. The van der Waals surface area contributed by atoms with Crippen molar-refractivity contribution in [3.05, 3.63) is 87.9 Å². The van der Waals surface area contributed by atoms with E-state index in [9.17, 15) is 13.2 Å². The van der Waals surface area contributed by atoms with Crippen LogP contribution in [0.1, 0.15) is 5.56 Å². The maximum Gasteiger partial charge on any atom is 0.264 e. The standard InChI is InChI=1S/C21H18BrClN2O3S/c1-15-7-10-17(13-20(15)23)24-21(26)14-25(18-11-8-16(22)9-12-18)29(27,28)19-5-3-2-4-6-19/h2-13H,14H2,1H3,(H,24,26). The molecule has 5 nitrogen and oxygen atoms in total. The van der Waals surface area contributed by atoms with Crippen molar-refractivity contribution in [1.29, 1.82) is 0 Å². The molecule has 0 aliphatic rings. The molecule has 0 fully saturated rings. The van der Waals surface area contributed by atoms with Gasteiger partial charge in [-0.1, -0.05) is 51.8 Å². The SMILES string of the molecule is Cc1ccc(NC(=O)CN(c2ccc(Br)cc2)S(=O)(=O)c2ccccc2)cc1Cl. The molecule has 0 unspecified atom stereocenters. The first-order valence-corrected chi connectivity index (χ1v) is 11.3. The zero-order valence-corrected chi connectivity index (χ0v) is 18.6. The first kappa shape index (κ1) is 21.4. The molecule has 0 heterocycles. The van der Waals surface area contributed by atoms with Gasteiger partial charge >= 0.3 is 0 Å². The van der Waals surface area contributed by atoms with E-state index in [1.54, 1.807) is 60.7 Å². The van der Waals surface area contributed by atoms with Gasteiger partial charge in [0.25, 0.3) is 10.0 Å². The second-order valence-corrected chi connectivity index (χ2v) is 9.50. The Morgan fingerprint density at radius 3 is 2.31 bits per heavy atom. The Balaban J connectivity index is 1.92. The van der Waals surface area contributed by atoms with Gasteiger partial charge in [0.1, 0.15) is 6.54 Å². The molecule has 0 aliphatic heterocycles. The lowest BCUT2D eigenvalue weighted by molar-refractivity contribution is -0.114. The number of halogens is 2. The molecule has 0 spiro atoms. The summed E-state index contributed by atoms with van der Waals surface area (Å²) in [5.41, 5.74) is 1.76. The molecular weight excluding hydrogens is 476 g/mol. The van der Waals surface area contributed by atoms with Crippen LogP contribution in [0.15, 0.2) is 82.2 Å². The number of nitrogens with one attached hydrogen (secondary N) is 1. The van der Waals surface area contributed by atoms with E-state index in [1.165, 1.54) is 12.1 Å². The van der Waals surface area contributed by atoms with Crippen LogP contribution in [-0.2, 0) is 14.8 Å². The molecule has 0 aromatic heterocycles. The Morgan fingerprint density at radius 2 is 1.69 bits per heavy atom. The van der Waals surface area contributed by atoms with E-state index in [-0.39, 0.29) is 11.4 Å². The van der Waals surface area contributed by atoms with Gasteiger partial charge in [-0.3, -0.25) is 9.10 Å². The van der Waals surface area contributed by atoms with E-state index in [0.717, 1.165) is 14.3 Å². The van der Waals surface area contributed by atoms with Crippen LogP contribution in [0.2, 0.25) is 5.02 Å². The van der Waals surface area contributed by atoms with Crippen molar-refractivity contribution >= 4 is 54.8 Å². The molecule has 1 N–H and O–H groups in total. The Kier molecular flexibility index (Phi) is 6.62.